The van der Waals surface area contributed by atoms with Gasteiger partial charge in [-0.1, -0.05) is 38.5 Å². The molecule has 3 N–H and O–H groups in total. The Hall–Kier alpha value is -1.71. The number of carbonyl (C=O) groups excluding carboxylic acids is 2. The number of carbonyl (C=O) groups is 3. The normalized spacial score (nSPS) is 14.8. The van der Waals surface area contributed by atoms with Gasteiger partial charge in [0.15, 0.2) is 0 Å². The Balaban J connectivity index is 3.20. The summed E-state index contributed by atoms with van der Waals surface area (Å²) in [4.78, 5) is 39.9. The Bertz CT molecular complexity index is 720. The topological polar surface area (TPSA) is 98.7 Å². The number of rotatable bonds is 15. The monoisotopic (exact) mass is 483 g/mol. The average Bonchev–Trinajstić information content (AvgIpc) is 2.79. The summed E-state index contributed by atoms with van der Waals surface area (Å²) in [5.74, 6) is -0.405. The Labute approximate surface area is 201 Å². The van der Waals surface area contributed by atoms with Gasteiger partial charge in [-0.15, -0.1) is 0 Å². The summed E-state index contributed by atoms with van der Waals surface area (Å²) in [5.41, 5.74) is 0.598. The van der Waals surface area contributed by atoms with Crippen LogP contribution in [0.3, 0.4) is 0 Å². The van der Waals surface area contributed by atoms with Gasteiger partial charge in [0.2, 0.25) is 11.8 Å². The van der Waals surface area contributed by atoms with E-state index in [4.69, 9.17) is 0 Å². The molecule has 0 aliphatic heterocycles. The van der Waals surface area contributed by atoms with Gasteiger partial charge in [0.25, 0.3) is 0 Å². The lowest BCUT2D eigenvalue weighted by atomic mass is 9.96. The third-order valence-corrected chi connectivity index (χ3v) is 6.40. The molecule has 0 radical (unpaired) electrons. The summed E-state index contributed by atoms with van der Waals surface area (Å²) in [6, 6.07) is 6.69. The molecule has 0 aliphatic carbocycles. The molecule has 32 heavy (non-hydrogen) atoms. The largest absolute Gasteiger partial charge is 0.480 e. The second-order valence-electron chi connectivity index (χ2n) is 7.80. The molecule has 0 bridgehead atoms. The molecule has 2 amide bonds. The molecule has 0 aliphatic rings. The molecule has 0 saturated carbocycles. The van der Waals surface area contributed by atoms with Gasteiger partial charge in [-0.2, -0.15) is 24.4 Å². The van der Waals surface area contributed by atoms with Crippen LogP contribution in [-0.2, 0) is 14.4 Å². The third-order valence-electron chi connectivity index (χ3n) is 5.44. The Morgan fingerprint density at radius 3 is 2.38 bits per heavy atom. The quantitative estimate of drug-likeness (QED) is 0.226. The second kappa shape index (κ2) is 15.2. The second-order valence-corrected chi connectivity index (χ2v) is 9.23. The Morgan fingerprint density at radius 1 is 1.19 bits per heavy atom. The Kier molecular flexibility index (Phi) is 13.4. The smallest absolute Gasteiger partial charge is 0.326 e. The molecular weight excluding hydrogens is 446 g/mol. The van der Waals surface area contributed by atoms with Gasteiger partial charge in [-0.3, -0.25) is 14.5 Å². The van der Waals surface area contributed by atoms with Crippen LogP contribution in [0.15, 0.2) is 30.3 Å². The first kappa shape index (κ1) is 28.3. The van der Waals surface area contributed by atoms with Crippen LogP contribution in [0.1, 0.15) is 40.0 Å². The number of aliphatic carboxylic acids is 1. The maximum atomic E-state index is 13.7. The van der Waals surface area contributed by atoms with E-state index in [0.717, 1.165) is 12.8 Å². The highest BCUT2D eigenvalue weighted by Gasteiger charge is 2.35. The lowest BCUT2D eigenvalue weighted by Crippen LogP contribution is -2.57. The number of carboxylic acids is 1. The van der Waals surface area contributed by atoms with Crippen LogP contribution in [-0.4, -0.2) is 65.3 Å². The van der Waals surface area contributed by atoms with Gasteiger partial charge in [-0.25, -0.2) is 4.79 Å². The number of nitrogens with zero attached hydrogens (tertiary/aromatic N) is 1. The number of thiol groups is 1. The summed E-state index contributed by atoms with van der Waals surface area (Å²) in [6.45, 7) is 6.31. The zero-order valence-corrected chi connectivity index (χ0v) is 21.1. The molecule has 1 rings (SSSR count). The van der Waals surface area contributed by atoms with E-state index >= 15 is 0 Å². The van der Waals surface area contributed by atoms with E-state index in [0.29, 0.717) is 30.2 Å². The van der Waals surface area contributed by atoms with Crippen LogP contribution in [0.5, 0.6) is 0 Å². The summed E-state index contributed by atoms with van der Waals surface area (Å²) in [6.07, 6.45) is 3.81. The van der Waals surface area contributed by atoms with E-state index in [-0.39, 0.29) is 11.8 Å². The lowest BCUT2D eigenvalue weighted by molar-refractivity contribution is -0.142. The minimum absolute atomic E-state index is 0.0530. The number of nitrogens with one attached hydrogen (secondary N) is 2. The minimum atomic E-state index is -1.08. The van der Waals surface area contributed by atoms with Crippen molar-refractivity contribution in [2.24, 2.45) is 5.92 Å². The van der Waals surface area contributed by atoms with Crippen LogP contribution < -0.4 is 15.5 Å². The zero-order valence-electron chi connectivity index (χ0n) is 19.4. The van der Waals surface area contributed by atoms with E-state index in [1.165, 1.54) is 16.7 Å². The number of amides is 2. The lowest BCUT2D eigenvalue weighted by Gasteiger charge is -2.34. The van der Waals surface area contributed by atoms with Gasteiger partial charge in [0.1, 0.15) is 12.1 Å². The van der Waals surface area contributed by atoms with Crippen molar-refractivity contribution < 1.29 is 19.5 Å². The summed E-state index contributed by atoms with van der Waals surface area (Å²) >= 11 is 5.76. The van der Waals surface area contributed by atoms with E-state index in [1.807, 2.05) is 38.3 Å². The highest BCUT2D eigenvalue weighted by atomic mass is 32.2. The molecule has 180 valence electrons. The van der Waals surface area contributed by atoms with Gasteiger partial charge in [0, 0.05) is 5.69 Å². The fraction of sp³-hybridized carbons (Fsp3) is 0.609. The third kappa shape index (κ3) is 8.67. The SMILES string of the molecule is CCC(C)C(NCCCS)C(=O)N(c1ccccc1)C(C)C(=O)NC(CCSC)C(=O)O. The molecule has 9 heteroatoms. The van der Waals surface area contributed by atoms with Crippen molar-refractivity contribution in [1.29, 1.82) is 0 Å². The predicted molar refractivity (Wildman–Crippen MR) is 136 cm³/mol. The van der Waals surface area contributed by atoms with E-state index in [9.17, 15) is 19.5 Å². The zero-order chi connectivity index (χ0) is 24.1. The summed E-state index contributed by atoms with van der Waals surface area (Å²) < 4.78 is 0. The van der Waals surface area contributed by atoms with Crippen molar-refractivity contribution >= 4 is 47.9 Å². The highest BCUT2D eigenvalue weighted by Crippen LogP contribution is 2.21. The molecular formula is C23H37N3O4S2. The summed E-state index contributed by atoms with van der Waals surface area (Å²) in [5, 5.41) is 15.4. The Morgan fingerprint density at radius 2 is 1.84 bits per heavy atom. The molecule has 1 aromatic rings. The molecule has 0 spiro atoms. The first-order chi connectivity index (χ1) is 15.3. The van der Waals surface area contributed by atoms with Crippen LogP contribution in [0.4, 0.5) is 5.69 Å². The van der Waals surface area contributed by atoms with Crippen LogP contribution in [0.2, 0.25) is 0 Å². The fourth-order valence-electron chi connectivity index (χ4n) is 3.29. The van der Waals surface area contributed by atoms with Gasteiger partial charge < -0.3 is 15.7 Å². The first-order valence-electron chi connectivity index (χ1n) is 11.0. The number of benzene rings is 1. The van der Waals surface area contributed by atoms with Crippen LogP contribution in [0.25, 0.3) is 0 Å². The minimum Gasteiger partial charge on any atom is -0.480 e. The average molecular weight is 484 g/mol. The van der Waals surface area contributed by atoms with Crippen molar-refractivity contribution in [3.8, 4) is 0 Å². The van der Waals surface area contributed by atoms with E-state index < -0.39 is 30.0 Å². The van der Waals surface area contributed by atoms with Crippen molar-refractivity contribution in [1.82, 2.24) is 10.6 Å². The molecule has 1 aromatic carbocycles. The van der Waals surface area contributed by atoms with Crippen molar-refractivity contribution in [3.63, 3.8) is 0 Å². The van der Waals surface area contributed by atoms with Crippen LogP contribution in [0, 0.1) is 5.92 Å². The van der Waals surface area contributed by atoms with Gasteiger partial charge >= 0.3 is 5.97 Å². The highest BCUT2D eigenvalue weighted by molar-refractivity contribution is 7.98. The van der Waals surface area contributed by atoms with Crippen molar-refractivity contribution in [3.05, 3.63) is 30.3 Å². The molecule has 4 atom stereocenters. The maximum absolute atomic E-state index is 13.7. The molecule has 0 fully saturated rings. The number of hydrogen-bond acceptors (Lipinski definition) is 6. The number of para-hydroxylation sites is 1. The standard InChI is InChI=1S/C23H37N3O4S2/c1-5-16(2)20(24-13-9-14-31)22(28)26(18-10-7-6-8-11-18)17(3)21(27)25-19(23(29)30)12-15-32-4/h6-8,10-11,16-17,19-20,24,31H,5,9,12-15H2,1-4H3,(H,25,27)(H,29,30). The molecule has 4 unspecified atom stereocenters. The van der Waals surface area contributed by atoms with E-state index in [1.54, 1.807) is 19.1 Å². The molecule has 0 heterocycles. The van der Waals surface area contributed by atoms with Crippen molar-refractivity contribution in [2.45, 2.75) is 58.2 Å². The van der Waals surface area contributed by atoms with Crippen LogP contribution >= 0.6 is 24.4 Å². The number of hydrogen-bond donors (Lipinski definition) is 4. The number of thioether (sulfide) groups is 1. The summed E-state index contributed by atoms with van der Waals surface area (Å²) in [7, 11) is 0. The van der Waals surface area contributed by atoms with E-state index in [2.05, 4.69) is 23.3 Å². The maximum Gasteiger partial charge on any atom is 0.326 e. The predicted octanol–water partition coefficient (Wildman–Crippen LogP) is 3.05. The number of anilines is 1. The van der Waals surface area contributed by atoms with Gasteiger partial charge in [-0.05, 0) is 62.1 Å². The van der Waals surface area contributed by atoms with Gasteiger partial charge in [0.05, 0.1) is 6.04 Å². The molecule has 0 saturated heterocycles. The fourth-order valence-corrected chi connectivity index (χ4v) is 3.92. The first-order valence-corrected chi connectivity index (χ1v) is 13.1. The van der Waals surface area contributed by atoms with Crippen molar-refractivity contribution in [2.75, 3.05) is 29.2 Å². The molecule has 7 nitrogen and oxygen atoms in total. The molecule has 0 aromatic heterocycles. The number of carboxylic acid groups (broad SMARTS) is 1.